The van der Waals surface area contributed by atoms with E-state index in [0.29, 0.717) is 25.2 Å². The Hall–Kier alpha value is -1.85. The third-order valence-electron chi connectivity index (χ3n) is 4.92. The molecular weight excluding hydrogens is 296 g/mol. The van der Waals surface area contributed by atoms with Gasteiger partial charge >= 0.3 is 5.97 Å². The van der Waals surface area contributed by atoms with E-state index < -0.39 is 23.7 Å². The molecule has 6 heteroatoms. The molecule has 1 fully saturated rings. The maximum atomic E-state index is 12.1. The minimum Gasteiger partial charge on any atom is -0.481 e. The van der Waals surface area contributed by atoms with Gasteiger partial charge in [0.05, 0.1) is 11.8 Å². The lowest BCUT2D eigenvalue weighted by molar-refractivity contribution is -0.147. The molecule has 2 aliphatic rings. The van der Waals surface area contributed by atoms with E-state index in [2.05, 4.69) is 10.9 Å². The lowest BCUT2D eigenvalue weighted by Crippen LogP contribution is -2.47. The lowest BCUT2D eigenvalue weighted by Gasteiger charge is -2.24. The van der Waals surface area contributed by atoms with Gasteiger partial charge in [-0.05, 0) is 25.2 Å². The summed E-state index contributed by atoms with van der Waals surface area (Å²) in [7, 11) is 0. The maximum absolute atomic E-state index is 12.1. The first kappa shape index (κ1) is 17.5. The van der Waals surface area contributed by atoms with Crippen LogP contribution in [0.1, 0.15) is 57.8 Å². The maximum Gasteiger partial charge on any atom is 0.307 e. The second-order valence-corrected chi connectivity index (χ2v) is 6.57. The molecule has 0 bridgehead atoms. The van der Waals surface area contributed by atoms with Crippen LogP contribution in [0.3, 0.4) is 0 Å². The normalized spacial score (nSPS) is 24.9. The van der Waals surface area contributed by atoms with Crippen LogP contribution < -0.4 is 10.9 Å². The topological polar surface area (TPSA) is 95.5 Å². The van der Waals surface area contributed by atoms with Crippen LogP contribution in [0, 0.1) is 17.8 Å². The van der Waals surface area contributed by atoms with Crippen molar-refractivity contribution in [3.63, 3.8) is 0 Å². The average Bonchev–Trinajstić information content (AvgIpc) is 2.58. The molecule has 6 nitrogen and oxygen atoms in total. The standard InChI is InChI=1S/C17H26N2O4/c20-15(11-10-12-6-2-1-3-7-12)18-19-16(21)13-8-4-5-9-14(13)17(22)23/h4-5,12-14H,1-3,6-11H2,(H,18,20)(H,19,21)(H,22,23)/t13-,14+/m0/s1. The van der Waals surface area contributed by atoms with Gasteiger partial charge in [0.2, 0.25) is 11.8 Å². The lowest BCUT2D eigenvalue weighted by atomic mass is 9.82. The number of amides is 2. The predicted octanol–water partition coefficient (Wildman–Crippen LogP) is 2.16. The van der Waals surface area contributed by atoms with E-state index in [1.54, 1.807) is 6.08 Å². The van der Waals surface area contributed by atoms with Gasteiger partial charge in [-0.3, -0.25) is 25.2 Å². The van der Waals surface area contributed by atoms with E-state index in [1.165, 1.54) is 32.1 Å². The first-order chi connectivity index (χ1) is 11.1. The van der Waals surface area contributed by atoms with Gasteiger partial charge in [0.15, 0.2) is 0 Å². The van der Waals surface area contributed by atoms with E-state index >= 15 is 0 Å². The Morgan fingerprint density at radius 3 is 2.26 bits per heavy atom. The molecule has 0 aromatic rings. The number of allylic oxidation sites excluding steroid dienone is 2. The smallest absolute Gasteiger partial charge is 0.307 e. The second-order valence-electron chi connectivity index (χ2n) is 6.57. The van der Waals surface area contributed by atoms with Gasteiger partial charge in [-0.1, -0.05) is 44.3 Å². The van der Waals surface area contributed by atoms with Crippen molar-refractivity contribution in [2.75, 3.05) is 0 Å². The fourth-order valence-corrected chi connectivity index (χ4v) is 3.47. The molecule has 0 radical (unpaired) electrons. The minimum absolute atomic E-state index is 0.206. The van der Waals surface area contributed by atoms with Crippen molar-refractivity contribution < 1.29 is 19.5 Å². The molecule has 0 unspecified atom stereocenters. The summed E-state index contributed by atoms with van der Waals surface area (Å²) in [6.45, 7) is 0. The molecular formula is C17H26N2O4. The number of hydrogen-bond acceptors (Lipinski definition) is 3. The summed E-state index contributed by atoms with van der Waals surface area (Å²) in [6.07, 6.45) is 11.7. The summed E-state index contributed by atoms with van der Waals surface area (Å²) < 4.78 is 0. The Morgan fingerprint density at radius 1 is 0.957 bits per heavy atom. The Labute approximate surface area is 136 Å². The summed E-state index contributed by atoms with van der Waals surface area (Å²) in [5.41, 5.74) is 4.81. The number of hydrogen-bond donors (Lipinski definition) is 3. The number of carbonyl (C=O) groups is 3. The van der Waals surface area contributed by atoms with E-state index in [1.807, 2.05) is 6.08 Å². The second kappa shape index (κ2) is 8.70. The highest BCUT2D eigenvalue weighted by Crippen LogP contribution is 2.27. The number of hydrazine groups is 1. The summed E-state index contributed by atoms with van der Waals surface area (Å²) in [6, 6.07) is 0. The van der Waals surface area contributed by atoms with Gasteiger partial charge < -0.3 is 5.11 Å². The summed E-state index contributed by atoms with van der Waals surface area (Å²) in [4.78, 5) is 35.1. The number of carboxylic acids is 1. The SMILES string of the molecule is O=C(CCC1CCCCC1)NNC(=O)[C@H]1CC=CC[C@H]1C(=O)O. The number of nitrogens with one attached hydrogen (secondary N) is 2. The molecule has 0 heterocycles. The van der Waals surface area contributed by atoms with E-state index in [4.69, 9.17) is 5.11 Å². The minimum atomic E-state index is -0.974. The van der Waals surface area contributed by atoms with Gasteiger partial charge in [0.1, 0.15) is 0 Å². The highest BCUT2D eigenvalue weighted by atomic mass is 16.4. The van der Waals surface area contributed by atoms with Crippen molar-refractivity contribution in [2.45, 2.75) is 57.8 Å². The Bertz CT molecular complexity index is 469. The van der Waals surface area contributed by atoms with Crippen LogP contribution in [0.4, 0.5) is 0 Å². The molecule has 2 atom stereocenters. The number of aliphatic carboxylic acids is 1. The number of carbonyl (C=O) groups excluding carboxylic acids is 2. The van der Waals surface area contributed by atoms with Crippen molar-refractivity contribution in [1.29, 1.82) is 0 Å². The molecule has 1 saturated carbocycles. The van der Waals surface area contributed by atoms with Crippen molar-refractivity contribution in [1.82, 2.24) is 10.9 Å². The van der Waals surface area contributed by atoms with Crippen LogP contribution in [0.15, 0.2) is 12.2 Å². The Balaban J connectivity index is 1.71. The van der Waals surface area contributed by atoms with Gasteiger partial charge in [-0.2, -0.15) is 0 Å². The molecule has 2 amide bonds. The Kier molecular flexibility index (Phi) is 6.62. The quantitative estimate of drug-likeness (QED) is 0.534. The third-order valence-corrected chi connectivity index (χ3v) is 4.92. The summed E-state index contributed by atoms with van der Waals surface area (Å²) in [5.74, 6) is -2.34. The van der Waals surface area contributed by atoms with Gasteiger partial charge in [-0.15, -0.1) is 0 Å². The molecule has 23 heavy (non-hydrogen) atoms. The molecule has 0 saturated heterocycles. The highest BCUT2D eigenvalue weighted by Gasteiger charge is 2.34. The first-order valence-electron chi connectivity index (χ1n) is 8.54. The van der Waals surface area contributed by atoms with Crippen LogP contribution in [0.2, 0.25) is 0 Å². The monoisotopic (exact) mass is 322 g/mol. The summed E-state index contributed by atoms with van der Waals surface area (Å²) in [5, 5.41) is 9.16. The van der Waals surface area contributed by atoms with Crippen LogP contribution in [-0.2, 0) is 14.4 Å². The van der Waals surface area contributed by atoms with Gasteiger partial charge in [0.25, 0.3) is 0 Å². The average molecular weight is 322 g/mol. The zero-order valence-electron chi connectivity index (χ0n) is 13.4. The van der Waals surface area contributed by atoms with Crippen molar-refractivity contribution in [3.8, 4) is 0 Å². The van der Waals surface area contributed by atoms with Crippen LogP contribution in [-0.4, -0.2) is 22.9 Å². The first-order valence-corrected chi connectivity index (χ1v) is 8.54. The van der Waals surface area contributed by atoms with Crippen molar-refractivity contribution in [3.05, 3.63) is 12.2 Å². The predicted molar refractivity (Wildman–Crippen MR) is 85.1 cm³/mol. The van der Waals surface area contributed by atoms with Crippen LogP contribution in [0.5, 0.6) is 0 Å². The molecule has 0 aromatic carbocycles. The molecule has 0 spiro atoms. The highest BCUT2D eigenvalue weighted by molar-refractivity contribution is 5.87. The number of rotatable bonds is 5. The van der Waals surface area contributed by atoms with Gasteiger partial charge in [-0.25, -0.2) is 0 Å². The fourth-order valence-electron chi connectivity index (χ4n) is 3.47. The van der Waals surface area contributed by atoms with Crippen molar-refractivity contribution in [2.24, 2.45) is 17.8 Å². The van der Waals surface area contributed by atoms with Gasteiger partial charge in [0, 0.05) is 6.42 Å². The van der Waals surface area contributed by atoms with Crippen LogP contribution in [0.25, 0.3) is 0 Å². The summed E-state index contributed by atoms with van der Waals surface area (Å²) >= 11 is 0. The largest absolute Gasteiger partial charge is 0.481 e. The van der Waals surface area contributed by atoms with E-state index in [0.717, 1.165) is 6.42 Å². The molecule has 3 N–H and O–H groups in total. The number of carboxylic acid groups (broad SMARTS) is 1. The van der Waals surface area contributed by atoms with E-state index in [9.17, 15) is 14.4 Å². The fraction of sp³-hybridized carbons (Fsp3) is 0.706. The van der Waals surface area contributed by atoms with Crippen molar-refractivity contribution >= 4 is 17.8 Å². The molecule has 128 valence electrons. The molecule has 0 aliphatic heterocycles. The third kappa shape index (κ3) is 5.37. The molecule has 0 aromatic heterocycles. The Morgan fingerprint density at radius 2 is 1.61 bits per heavy atom. The zero-order chi connectivity index (χ0) is 16.7. The molecule has 2 aliphatic carbocycles. The van der Waals surface area contributed by atoms with E-state index in [-0.39, 0.29) is 5.91 Å². The molecule has 2 rings (SSSR count). The van der Waals surface area contributed by atoms with Crippen LogP contribution >= 0.6 is 0 Å². The zero-order valence-corrected chi connectivity index (χ0v) is 13.4.